The van der Waals surface area contributed by atoms with Gasteiger partial charge in [0.1, 0.15) is 0 Å². The van der Waals surface area contributed by atoms with E-state index in [1.165, 1.54) is 0 Å². The van der Waals surface area contributed by atoms with Crippen LogP contribution in [0, 0.1) is 0 Å². The van der Waals surface area contributed by atoms with Crippen molar-refractivity contribution in [2.24, 2.45) is 5.73 Å². The van der Waals surface area contributed by atoms with Crippen molar-refractivity contribution in [1.82, 2.24) is 4.98 Å². The fourth-order valence-electron chi connectivity index (χ4n) is 1.79. The minimum atomic E-state index is -0.0991. The third kappa shape index (κ3) is 1.96. The Kier molecular flexibility index (Phi) is 3.53. The molecule has 1 atom stereocenters. The Morgan fingerprint density at radius 3 is 2.81 bits per heavy atom. The molecule has 2 aromatic rings. The van der Waals surface area contributed by atoms with Crippen molar-refractivity contribution in [2.75, 3.05) is 13.2 Å². The molecule has 1 aromatic heterocycles. The fourth-order valence-corrected chi connectivity index (χ4v) is 2.29. The van der Waals surface area contributed by atoms with Crippen LogP contribution in [-0.4, -0.2) is 23.2 Å². The number of aromatic nitrogens is 1. The van der Waals surface area contributed by atoms with Crippen molar-refractivity contribution in [1.29, 1.82) is 0 Å². The first kappa shape index (κ1) is 11.5. The van der Waals surface area contributed by atoms with E-state index in [9.17, 15) is 5.11 Å². The highest BCUT2D eigenvalue weighted by Gasteiger charge is 2.13. The number of nitrogens with zero attached hydrogens (tertiary/aromatic N) is 1. The SMILES string of the molecule is NCC(CO)c1nccc2c(Br)cccc12. The summed E-state index contributed by atoms with van der Waals surface area (Å²) in [5.41, 5.74) is 6.50. The summed E-state index contributed by atoms with van der Waals surface area (Å²) in [4.78, 5) is 4.33. The normalized spacial score (nSPS) is 12.9. The van der Waals surface area contributed by atoms with Crippen LogP contribution in [0.4, 0.5) is 0 Å². The Balaban J connectivity index is 2.66. The number of nitrogens with two attached hydrogens (primary N) is 1. The first-order valence-electron chi connectivity index (χ1n) is 5.12. The highest BCUT2D eigenvalue weighted by Crippen LogP contribution is 2.28. The van der Waals surface area contributed by atoms with Gasteiger partial charge >= 0.3 is 0 Å². The van der Waals surface area contributed by atoms with Gasteiger partial charge in [0.05, 0.1) is 12.3 Å². The largest absolute Gasteiger partial charge is 0.396 e. The predicted octanol–water partition coefficient (Wildman–Crippen LogP) is 2.03. The minimum absolute atomic E-state index is 0.0229. The lowest BCUT2D eigenvalue weighted by molar-refractivity contribution is 0.266. The molecule has 0 saturated heterocycles. The number of benzene rings is 1. The number of pyridine rings is 1. The molecule has 1 aromatic carbocycles. The Labute approximate surface area is 102 Å². The number of aliphatic hydroxyl groups excluding tert-OH is 1. The zero-order chi connectivity index (χ0) is 11.5. The van der Waals surface area contributed by atoms with Crippen LogP contribution in [0.2, 0.25) is 0 Å². The van der Waals surface area contributed by atoms with Crippen LogP contribution in [-0.2, 0) is 0 Å². The molecule has 3 N–H and O–H groups in total. The summed E-state index contributed by atoms with van der Waals surface area (Å²) in [6.07, 6.45) is 1.75. The molecule has 0 saturated carbocycles. The highest BCUT2D eigenvalue weighted by atomic mass is 79.9. The van der Waals surface area contributed by atoms with Crippen molar-refractivity contribution >= 4 is 26.7 Å². The van der Waals surface area contributed by atoms with Gasteiger partial charge in [0.25, 0.3) is 0 Å². The van der Waals surface area contributed by atoms with E-state index in [0.29, 0.717) is 6.54 Å². The average Bonchev–Trinajstić information content (AvgIpc) is 2.32. The Morgan fingerprint density at radius 2 is 2.12 bits per heavy atom. The van der Waals surface area contributed by atoms with Crippen LogP contribution in [0.3, 0.4) is 0 Å². The van der Waals surface area contributed by atoms with Crippen molar-refractivity contribution in [3.8, 4) is 0 Å². The van der Waals surface area contributed by atoms with Gasteiger partial charge in [-0.05, 0) is 17.5 Å². The van der Waals surface area contributed by atoms with Gasteiger partial charge in [-0.3, -0.25) is 4.98 Å². The summed E-state index contributed by atoms with van der Waals surface area (Å²) in [7, 11) is 0. The lowest BCUT2D eigenvalue weighted by Gasteiger charge is -2.13. The van der Waals surface area contributed by atoms with Gasteiger partial charge in [0.15, 0.2) is 0 Å². The molecule has 4 heteroatoms. The highest BCUT2D eigenvalue weighted by molar-refractivity contribution is 9.10. The Bertz CT molecular complexity index is 497. The number of halogens is 1. The van der Waals surface area contributed by atoms with E-state index in [1.807, 2.05) is 24.3 Å². The van der Waals surface area contributed by atoms with Gasteiger partial charge in [0.2, 0.25) is 0 Å². The summed E-state index contributed by atoms with van der Waals surface area (Å²) < 4.78 is 1.03. The first-order chi connectivity index (χ1) is 7.77. The first-order valence-corrected chi connectivity index (χ1v) is 5.91. The van der Waals surface area contributed by atoms with Crippen molar-refractivity contribution in [3.63, 3.8) is 0 Å². The van der Waals surface area contributed by atoms with Crippen LogP contribution in [0.1, 0.15) is 11.6 Å². The molecule has 0 aliphatic carbocycles. The minimum Gasteiger partial charge on any atom is -0.396 e. The van der Waals surface area contributed by atoms with Gasteiger partial charge in [-0.25, -0.2) is 0 Å². The number of rotatable bonds is 3. The number of aliphatic hydroxyl groups is 1. The number of fused-ring (bicyclic) bond motifs is 1. The molecule has 1 heterocycles. The maximum atomic E-state index is 9.28. The molecule has 16 heavy (non-hydrogen) atoms. The molecule has 1 unspecified atom stereocenters. The lowest BCUT2D eigenvalue weighted by Crippen LogP contribution is -2.17. The molecular formula is C12H13BrN2O. The molecule has 84 valence electrons. The zero-order valence-electron chi connectivity index (χ0n) is 8.73. The molecule has 0 aliphatic heterocycles. The summed E-state index contributed by atoms with van der Waals surface area (Å²) in [5, 5.41) is 11.4. The second-order valence-corrected chi connectivity index (χ2v) is 4.50. The predicted molar refractivity (Wildman–Crippen MR) is 68.3 cm³/mol. The van der Waals surface area contributed by atoms with Crippen LogP contribution in [0.5, 0.6) is 0 Å². The van der Waals surface area contributed by atoms with Gasteiger partial charge in [0, 0.05) is 28.5 Å². The van der Waals surface area contributed by atoms with Crippen LogP contribution < -0.4 is 5.73 Å². The molecule has 0 aliphatic rings. The maximum absolute atomic E-state index is 9.28. The van der Waals surface area contributed by atoms with E-state index in [4.69, 9.17) is 5.73 Å². The van der Waals surface area contributed by atoms with Crippen molar-refractivity contribution in [3.05, 3.63) is 40.6 Å². The fraction of sp³-hybridized carbons (Fsp3) is 0.250. The summed E-state index contributed by atoms with van der Waals surface area (Å²) in [5.74, 6) is -0.0991. The quantitative estimate of drug-likeness (QED) is 0.905. The standard InChI is InChI=1S/C12H13BrN2O/c13-11-3-1-2-10-9(11)4-5-15-12(10)8(6-14)7-16/h1-5,8,16H,6-7,14H2. The summed E-state index contributed by atoms with van der Waals surface area (Å²) in [6, 6.07) is 7.90. The molecular weight excluding hydrogens is 268 g/mol. The van der Waals surface area contributed by atoms with Gasteiger partial charge < -0.3 is 10.8 Å². The smallest absolute Gasteiger partial charge is 0.0548 e. The van der Waals surface area contributed by atoms with E-state index in [1.54, 1.807) is 6.20 Å². The second kappa shape index (κ2) is 4.91. The van der Waals surface area contributed by atoms with Crippen LogP contribution >= 0.6 is 15.9 Å². The summed E-state index contributed by atoms with van der Waals surface area (Å²) >= 11 is 3.50. The number of hydrogen-bond acceptors (Lipinski definition) is 3. The van der Waals surface area contributed by atoms with Gasteiger partial charge in [-0.1, -0.05) is 28.1 Å². The molecule has 0 radical (unpaired) electrons. The second-order valence-electron chi connectivity index (χ2n) is 3.65. The number of hydrogen-bond donors (Lipinski definition) is 2. The van der Waals surface area contributed by atoms with Crippen LogP contribution in [0.25, 0.3) is 10.8 Å². The van der Waals surface area contributed by atoms with E-state index in [2.05, 4.69) is 20.9 Å². The zero-order valence-corrected chi connectivity index (χ0v) is 10.3. The van der Waals surface area contributed by atoms with E-state index in [-0.39, 0.29) is 12.5 Å². The summed E-state index contributed by atoms with van der Waals surface area (Å²) in [6.45, 7) is 0.421. The van der Waals surface area contributed by atoms with Gasteiger partial charge in [-0.15, -0.1) is 0 Å². The van der Waals surface area contributed by atoms with Crippen LogP contribution in [0.15, 0.2) is 34.9 Å². The molecule has 0 fully saturated rings. The van der Waals surface area contributed by atoms with Crippen molar-refractivity contribution < 1.29 is 5.11 Å². The Hall–Kier alpha value is -0.970. The third-order valence-electron chi connectivity index (χ3n) is 2.68. The molecule has 0 spiro atoms. The topological polar surface area (TPSA) is 59.1 Å². The monoisotopic (exact) mass is 280 g/mol. The van der Waals surface area contributed by atoms with Crippen molar-refractivity contribution in [2.45, 2.75) is 5.92 Å². The van der Waals surface area contributed by atoms with E-state index < -0.39 is 0 Å². The molecule has 0 bridgehead atoms. The molecule has 3 nitrogen and oxygen atoms in total. The van der Waals surface area contributed by atoms with E-state index >= 15 is 0 Å². The molecule has 0 amide bonds. The lowest BCUT2D eigenvalue weighted by atomic mass is 10.00. The third-order valence-corrected chi connectivity index (χ3v) is 3.37. The van der Waals surface area contributed by atoms with Gasteiger partial charge in [-0.2, -0.15) is 0 Å². The maximum Gasteiger partial charge on any atom is 0.0548 e. The molecule has 2 rings (SSSR count). The van der Waals surface area contributed by atoms with E-state index in [0.717, 1.165) is 20.9 Å². The Morgan fingerprint density at radius 1 is 1.31 bits per heavy atom. The average molecular weight is 281 g/mol.